The Morgan fingerprint density at radius 2 is 2.50 bits per heavy atom. The summed E-state index contributed by atoms with van der Waals surface area (Å²) in [6.07, 6.45) is 3.40. The number of ether oxygens (including phenoxy) is 1. The highest BCUT2D eigenvalue weighted by atomic mass is 16.5. The average molecular weight is 192 g/mol. The largest absolute Gasteiger partial charge is 0.383 e. The summed E-state index contributed by atoms with van der Waals surface area (Å²) < 4.78 is 4.94. The molecule has 0 unspecified atom stereocenters. The van der Waals surface area contributed by atoms with Crippen LogP contribution in [0.5, 0.6) is 0 Å². The van der Waals surface area contributed by atoms with Gasteiger partial charge in [0.05, 0.1) is 6.61 Å². The second kappa shape index (κ2) is 3.75. The Labute approximate surface area is 82.5 Å². The van der Waals surface area contributed by atoms with Crippen molar-refractivity contribution >= 4 is 5.91 Å². The van der Waals surface area contributed by atoms with Crippen molar-refractivity contribution in [2.45, 2.75) is 6.54 Å². The molecule has 0 spiro atoms. The van der Waals surface area contributed by atoms with Crippen molar-refractivity contribution in [1.82, 2.24) is 9.88 Å². The van der Waals surface area contributed by atoms with Crippen molar-refractivity contribution in [2.24, 2.45) is 0 Å². The van der Waals surface area contributed by atoms with Crippen LogP contribution < -0.4 is 0 Å². The maximum Gasteiger partial charge on any atom is 0.254 e. The zero-order valence-electron chi connectivity index (χ0n) is 8.06. The molecule has 0 N–H and O–H groups in total. The number of carbonyl (C=O) groups is 1. The van der Waals surface area contributed by atoms with Gasteiger partial charge in [-0.15, -0.1) is 0 Å². The molecule has 74 valence electrons. The second-order valence-corrected chi connectivity index (χ2v) is 3.25. The van der Waals surface area contributed by atoms with Crippen LogP contribution in [-0.4, -0.2) is 36.1 Å². The summed E-state index contributed by atoms with van der Waals surface area (Å²) in [6.45, 7) is 1.88. The third kappa shape index (κ3) is 1.48. The molecule has 1 amide bonds. The summed E-state index contributed by atoms with van der Waals surface area (Å²) in [4.78, 5) is 17.5. The van der Waals surface area contributed by atoms with Crippen molar-refractivity contribution in [2.75, 3.05) is 20.3 Å². The van der Waals surface area contributed by atoms with Gasteiger partial charge in [0.2, 0.25) is 0 Å². The van der Waals surface area contributed by atoms with Crippen LogP contribution in [-0.2, 0) is 11.3 Å². The fourth-order valence-corrected chi connectivity index (χ4v) is 1.59. The summed E-state index contributed by atoms with van der Waals surface area (Å²) in [5.74, 6) is 0.0828. The van der Waals surface area contributed by atoms with Gasteiger partial charge < -0.3 is 9.64 Å². The molecule has 0 aliphatic carbocycles. The van der Waals surface area contributed by atoms with Crippen molar-refractivity contribution in [1.29, 1.82) is 0 Å². The number of pyridine rings is 1. The number of fused-ring (bicyclic) bond motifs is 1. The van der Waals surface area contributed by atoms with Crippen molar-refractivity contribution in [3.63, 3.8) is 0 Å². The van der Waals surface area contributed by atoms with E-state index in [0.717, 1.165) is 11.1 Å². The molecular weight excluding hydrogens is 180 g/mol. The normalized spacial score (nSPS) is 14.6. The van der Waals surface area contributed by atoms with Crippen LogP contribution in [0.1, 0.15) is 15.9 Å². The molecule has 0 atom stereocenters. The number of methoxy groups -OCH3 is 1. The van der Waals surface area contributed by atoms with E-state index in [1.807, 2.05) is 0 Å². The summed E-state index contributed by atoms with van der Waals surface area (Å²) in [5, 5.41) is 0. The molecule has 14 heavy (non-hydrogen) atoms. The summed E-state index contributed by atoms with van der Waals surface area (Å²) in [5.41, 5.74) is 1.78. The Bertz CT molecular complexity index is 352. The summed E-state index contributed by atoms with van der Waals surface area (Å²) in [6, 6.07) is 1.77. The number of rotatable bonds is 3. The molecule has 2 heterocycles. The SMILES string of the molecule is COCCN1Cc2cnccc2C1=O. The second-order valence-electron chi connectivity index (χ2n) is 3.25. The first-order chi connectivity index (χ1) is 6.83. The Morgan fingerprint density at radius 1 is 1.64 bits per heavy atom. The number of hydrogen-bond acceptors (Lipinski definition) is 3. The van der Waals surface area contributed by atoms with Gasteiger partial charge in [0, 0.05) is 43.7 Å². The van der Waals surface area contributed by atoms with Gasteiger partial charge in [-0.1, -0.05) is 0 Å². The Kier molecular flexibility index (Phi) is 2.45. The molecule has 0 saturated heterocycles. The van der Waals surface area contributed by atoms with E-state index in [-0.39, 0.29) is 5.91 Å². The van der Waals surface area contributed by atoms with E-state index >= 15 is 0 Å². The van der Waals surface area contributed by atoms with E-state index in [1.165, 1.54) is 0 Å². The van der Waals surface area contributed by atoms with Gasteiger partial charge in [-0.3, -0.25) is 9.78 Å². The van der Waals surface area contributed by atoms with Crippen molar-refractivity contribution in [3.05, 3.63) is 29.6 Å². The molecular formula is C10H12N2O2. The first-order valence-electron chi connectivity index (χ1n) is 4.54. The van der Waals surface area contributed by atoms with E-state index in [4.69, 9.17) is 4.74 Å². The molecule has 2 rings (SSSR count). The average Bonchev–Trinajstić information content (AvgIpc) is 2.54. The fraction of sp³-hybridized carbons (Fsp3) is 0.400. The maximum atomic E-state index is 11.7. The number of carbonyl (C=O) groups excluding carboxylic acids is 1. The van der Waals surface area contributed by atoms with Gasteiger partial charge in [-0.2, -0.15) is 0 Å². The topological polar surface area (TPSA) is 42.4 Å². The Hall–Kier alpha value is -1.42. The van der Waals surface area contributed by atoms with Crippen LogP contribution >= 0.6 is 0 Å². The lowest BCUT2D eigenvalue weighted by molar-refractivity contribution is 0.0719. The van der Waals surface area contributed by atoms with Crippen LogP contribution in [0.2, 0.25) is 0 Å². The first kappa shape index (κ1) is 9.15. The van der Waals surface area contributed by atoms with Gasteiger partial charge in [0.15, 0.2) is 0 Å². The molecule has 1 aromatic rings. The monoisotopic (exact) mass is 192 g/mol. The van der Waals surface area contributed by atoms with E-state index in [2.05, 4.69) is 4.98 Å². The predicted molar refractivity (Wildman–Crippen MR) is 50.9 cm³/mol. The zero-order valence-corrected chi connectivity index (χ0v) is 8.06. The third-order valence-corrected chi connectivity index (χ3v) is 2.35. The van der Waals surface area contributed by atoms with Crippen molar-refractivity contribution < 1.29 is 9.53 Å². The number of amides is 1. The molecule has 0 fully saturated rings. The van der Waals surface area contributed by atoms with Gasteiger partial charge in [-0.05, 0) is 6.07 Å². The lowest BCUT2D eigenvalue weighted by Gasteiger charge is -2.14. The van der Waals surface area contributed by atoms with Crippen LogP contribution in [0.25, 0.3) is 0 Å². The smallest absolute Gasteiger partial charge is 0.254 e. The molecule has 4 nitrogen and oxygen atoms in total. The quantitative estimate of drug-likeness (QED) is 0.707. The highest BCUT2D eigenvalue weighted by Crippen LogP contribution is 2.20. The van der Waals surface area contributed by atoms with Crippen molar-refractivity contribution in [3.8, 4) is 0 Å². The molecule has 0 aromatic carbocycles. The van der Waals surface area contributed by atoms with E-state index in [0.29, 0.717) is 19.7 Å². The van der Waals surface area contributed by atoms with E-state index in [9.17, 15) is 4.79 Å². The minimum atomic E-state index is 0.0828. The zero-order chi connectivity index (χ0) is 9.97. The molecule has 1 aliphatic rings. The number of nitrogens with zero attached hydrogens (tertiary/aromatic N) is 2. The van der Waals surface area contributed by atoms with E-state index < -0.39 is 0 Å². The molecule has 0 saturated carbocycles. The molecule has 0 radical (unpaired) electrons. The third-order valence-electron chi connectivity index (χ3n) is 2.35. The van der Waals surface area contributed by atoms with Crippen LogP contribution in [0.4, 0.5) is 0 Å². The predicted octanol–water partition coefficient (Wildman–Crippen LogP) is 0.684. The highest BCUT2D eigenvalue weighted by molar-refractivity contribution is 5.98. The van der Waals surface area contributed by atoms with Crippen LogP contribution in [0.15, 0.2) is 18.5 Å². The summed E-state index contributed by atoms with van der Waals surface area (Å²) in [7, 11) is 1.63. The standard InChI is InChI=1S/C10H12N2O2/c1-14-5-4-12-7-8-6-11-3-2-9(8)10(12)13/h2-3,6H,4-5,7H2,1H3. The van der Waals surface area contributed by atoms with Gasteiger partial charge in [-0.25, -0.2) is 0 Å². The van der Waals surface area contributed by atoms with Gasteiger partial charge in [0.1, 0.15) is 0 Å². The van der Waals surface area contributed by atoms with Gasteiger partial charge >= 0.3 is 0 Å². The first-order valence-corrected chi connectivity index (χ1v) is 4.54. The Morgan fingerprint density at radius 3 is 3.21 bits per heavy atom. The molecule has 1 aliphatic heterocycles. The van der Waals surface area contributed by atoms with Crippen LogP contribution in [0.3, 0.4) is 0 Å². The van der Waals surface area contributed by atoms with Gasteiger partial charge in [0.25, 0.3) is 5.91 Å². The van der Waals surface area contributed by atoms with E-state index in [1.54, 1.807) is 30.5 Å². The minimum Gasteiger partial charge on any atom is -0.383 e. The summed E-state index contributed by atoms with van der Waals surface area (Å²) >= 11 is 0. The number of hydrogen-bond donors (Lipinski definition) is 0. The minimum absolute atomic E-state index is 0.0828. The molecule has 4 heteroatoms. The molecule has 0 bridgehead atoms. The Balaban J connectivity index is 2.13. The molecule has 1 aromatic heterocycles. The highest BCUT2D eigenvalue weighted by Gasteiger charge is 2.26. The fourth-order valence-electron chi connectivity index (χ4n) is 1.59. The lowest BCUT2D eigenvalue weighted by atomic mass is 10.2. The maximum absolute atomic E-state index is 11.7. The number of aromatic nitrogens is 1. The van der Waals surface area contributed by atoms with Crippen LogP contribution in [0, 0.1) is 0 Å². The lowest BCUT2D eigenvalue weighted by Crippen LogP contribution is -2.27.